The summed E-state index contributed by atoms with van der Waals surface area (Å²) in [6.45, 7) is 3.55. The van der Waals surface area contributed by atoms with Crippen LogP contribution in [0.1, 0.15) is 35.7 Å². The first-order valence-corrected chi connectivity index (χ1v) is 9.59. The van der Waals surface area contributed by atoms with Gasteiger partial charge in [-0.05, 0) is 67.6 Å². The Balaban J connectivity index is 1.63. The van der Waals surface area contributed by atoms with Crippen molar-refractivity contribution in [2.75, 3.05) is 5.32 Å². The van der Waals surface area contributed by atoms with Crippen LogP contribution >= 0.6 is 0 Å². The smallest absolute Gasteiger partial charge is 0.325 e. The molecule has 3 aromatic rings. The molecule has 3 N–H and O–H groups in total. The molecule has 7 nitrogen and oxygen atoms in total. The van der Waals surface area contributed by atoms with E-state index in [1.165, 1.54) is 6.92 Å². The van der Waals surface area contributed by atoms with Crippen LogP contribution < -0.4 is 10.6 Å². The maximum atomic E-state index is 12.4. The highest BCUT2D eigenvalue weighted by atomic mass is 16.4. The minimum Gasteiger partial charge on any atom is -0.480 e. The van der Waals surface area contributed by atoms with Gasteiger partial charge in [0, 0.05) is 23.2 Å². The monoisotopic (exact) mass is 390 g/mol. The minimum atomic E-state index is -0.967. The largest absolute Gasteiger partial charge is 0.480 e. The summed E-state index contributed by atoms with van der Waals surface area (Å²) in [5.74, 6) is -0.735. The third-order valence-corrected chi connectivity index (χ3v) is 5.02. The lowest BCUT2D eigenvalue weighted by atomic mass is 9.97. The molecule has 0 bridgehead atoms. The van der Waals surface area contributed by atoms with Crippen LogP contribution in [0.5, 0.6) is 0 Å². The number of carboxylic acid groups (broad SMARTS) is 1. The Morgan fingerprint density at radius 3 is 2.69 bits per heavy atom. The van der Waals surface area contributed by atoms with Gasteiger partial charge in [-0.3, -0.25) is 9.59 Å². The first kappa shape index (κ1) is 18.9. The number of fused-ring (bicyclic) bond motifs is 1. The average Bonchev–Trinajstić information content (AvgIpc) is 3.51. The number of carboxylic acids is 1. The van der Waals surface area contributed by atoms with Gasteiger partial charge in [0.05, 0.1) is 5.52 Å². The van der Waals surface area contributed by atoms with Gasteiger partial charge in [-0.2, -0.15) is 0 Å². The zero-order valence-electron chi connectivity index (χ0n) is 16.3. The molecule has 1 fully saturated rings. The number of nitrogens with one attached hydrogen (secondary N) is 2. The van der Waals surface area contributed by atoms with Gasteiger partial charge in [-0.25, -0.2) is 9.97 Å². The molecule has 0 spiro atoms. The summed E-state index contributed by atoms with van der Waals surface area (Å²) in [5.41, 5.74) is 4.39. The number of aryl methyl sites for hydroxylation is 1. The highest BCUT2D eigenvalue weighted by Crippen LogP contribution is 2.28. The standard InChI is InChI=1S/C22H22N4O3/c1-12-3-4-15(20(27)25-17-6-7-17)10-18(12)14-5-8-19-16(9-14)11-23-22(26-19)24-13(2)21(28)29/h3-5,8-11,13,17H,6-7H2,1-2H3,(H,25,27)(H,28,29)(H,23,24,26)/t13-/m0/s1. The summed E-state index contributed by atoms with van der Waals surface area (Å²) >= 11 is 0. The fraction of sp³-hybridized carbons (Fsp3) is 0.273. The second-order valence-corrected chi connectivity index (χ2v) is 7.45. The number of aliphatic carboxylic acids is 1. The predicted octanol–water partition coefficient (Wildman–Crippen LogP) is 3.38. The van der Waals surface area contributed by atoms with Crippen molar-refractivity contribution in [3.8, 4) is 11.1 Å². The van der Waals surface area contributed by atoms with E-state index in [1.54, 1.807) is 6.20 Å². The zero-order valence-corrected chi connectivity index (χ0v) is 16.3. The number of carbonyl (C=O) groups is 2. The van der Waals surface area contributed by atoms with Crippen LogP contribution in [-0.2, 0) is 4.79 Å². The molecule has 0 radical (unpaired) electrons. The van der Waals surface area contributed by atoms with Crippen molar-refractivity contribution in [1.29, 1.82) is 0 Å². The highest BCUT2D eigenvalue weighted by Gasteiger charge is 2.24. The third kappa shape index (κ3) is 4.18. The van der Waals surface area contributed by atoms with Gasteiger partial charge in [0.1, 0.15) is 6.04 Å². The first-order valence-electron chi connectivity index (χ1n) is 9.59. The average molecular weight is 390 g/mol. The van der Waals surface area contributed by atoms with Gasteiger partial charge in [-0.15, -0.1) is 0 Å². The molecule has 0 unspecified atom stereocenters. The molecular weight excluding hydrogens is 368 g/mol. The van der Waals surface area contributed by atoms with Gasteiger partial charge >= 0.3 is 5.97 Å². The molecule has 1 amide bonds. The molecule has 1 aliphatic rings. The van der Waals surface area contributed by atoms with Crippen LogP contribution in [0.3, 0.4) is 0 Å². The molecule has 4 rings (SSSR count). The van der Waals surface area contributed by atoms with Crippen LogP contribution in [-0.4, -0.2) is 39.0 Å². The maximum absolute atomic E-state index is 12.4. The number of hydrogen-bond donors (Lipinski definition) is 3. The van der Waals surface area contributed by atoms with E-state index in [1.807, 2.05) is 43.3 Å². The Kier molecular flexibility index (Phi) is 4.88. The molecule has 1 aromatic heterocycles. The number of anilines is 1. The molecule has 0 aliphatic heterocycles. The Bertz CT molecular complexity index is 1110. The number of benzene rings is 2. The number of hydrogen-bond acceptors (Lipinski definition) is 5. The molecule has 2 aromatic carbocycles. The predicted molar refractivity (Wildman–Crippen MR) is 111 cm³/mol. The minimum absolute atomic E-state index is 0.0406. The van der Waals surface area contributed by atoms with Crippen molar-refractivity contribution in [3.05, 3.63) is 53.7 Å². The van der Waals surface area contributed by atoms with Gasteiger partial charge in [0.25, 0.3) is 5.91 Å². The Hall–Kier alpha value is -3.48. The van der Waals surface area contributed by atoms with Gasteiger partial charge in [0.15, 0.2) is 0 Å². The second kappa shape index (κ2) is 7.50. The first-order chi connectivity index (χ1) is 13.9. The van der Waals surface area contributed by atoms with Crippen molar-refractivity contribution in [1.82, 2.24) is 15.3 Å². The number of rotatable bonds is 6. The Morgan fingerprint density at radius 2 is 1.97 bits per heavy atom. The summed E-state index contributed by atoms with van der Waals surface area (Å²) < 4.78 is 0. The summed E-state index contributed by atoms with van der Waals surface area (Å²) in [6.07, 6.45) is 3.77. The maximum Gasteiger partial charge on any atom is 0.325 e. The van der Waals surface area contributed by atoms with Crippen molar-refractivity contribution >= 4 is 28.7 Å². The lowest BCUT2D eigenvalue weighted by Crippen LogP contribution is -2.26. The van der Waals surface area contributed by atoms with E-state index in [0.717, 1.165) is 34.9 Å². The van der Waals surface area contributed by atoms with Crippen LogP contribution in [0.15, 0.2) is 42.6 Å². The topological polar surface area (TPSA) is 104 Å². The number of amides is 1. The van der Waals surface area contributed by atoms with E-state index < -0.39 is 12.0 Å². The van der Waals surface area contributed by atoms with Gasteiger partial charge in [0.2, 0.25) is 5.95 Å². The van der Waals surface area contributed by atoms with Crippen molar-refractivity contribution in [2.45, 2.75) is 38.8 Å². The molecule has 1 aliphatic carbocycles. The fourth-order valence-electron chi connectivity index (χ4n) is 3.10. The quantitative estimate of drug-likeness (QED) is 0.596. The van der Waals surface area contributed by atoms with Crippen LogP contribution in [0.4, 0.5) is 5.95 Å². The molecule has 0 saturated heterocycles. The van der Waals surface area contributed by atoms with Crippen molar-refractivity contribution < 1.29 is 14.7 Å². The number of aromatic nitrogens is 2. The molecule has 29 heavy (non-hydrogen) atoms. The highest BCUT2D eigenvalue weighted by molar-refractivity contribution is 5.96. The summed E-state index contributed by atoms with van der Waals surface area (Å²) in [4.78, 5) is 32.0. The van der Waals surface area contributed by atoms with Crippen LogP contribution in [0.25, 0.3) is 22.0 Å². The van der Waals surface area contributed by atoms with E-state index in [-0.39, 0.29) is 11.9 Å². The van der Waals surface area contributed by atoms with Gasteiger partial charge in [-0.1, -0.05) is 12.1 Å². The Labute approximate surface area is 168 Å². The van der Waals surface area contributed by atoms with E-state index in [2.05, 4.69) is 20.6 Å². The summed E-state index contributed by atoms with van der Waals surface area (Å²) in [6, 6.07) is 11.1. The van der Waals surface area contributed by atoms with Crippen molar-refractivity contribution in [3.63, 3.8) is 0 Å². The molecule has 1 heterocycles. The Morgan fingerprint density at radius 1 is 1.17 bits per heavy atom. The number of carbonyl (C=O) groups excluding carboxylic acids is 1. The lowest BCUT2D eigenvalue weighted by Gasteiger charge is -2.12. The number of nitrogens with zero attached hydrogens (tertiary/aromatic N) is 2. The van der Waals surface area contributed by atoms with Crippen LogP contribution in [0.2, 0.25) is 0 Å². The summed E-state index contributed by atoms with van der Waals surface area (Å²) in [7, 11) is 0. The molecule has 1 saturated carbocycles. The van der Waals surface area contributed by atoms with Gasteiger partial charge < -0.3 is 15.7 Å². The zero-order chi connectivity index (χ0) is 20.5. The van der Waals surface area contributed by atoms with E-state index in [9.17, 15) is 9.59 Å². The molecule has 148 valence electrons. The third-order valence-electron chi connectivity index (χ3n) is 5.02. The van der Waals surface area contributed by atoms with E-state index >= 15 is 0 Å². The second-order valence-electron chi connectivity index (χ2n) is 7.45. The molecule has 1 atom stereocenters. The lowest BCUT2D eigenvalue weighted by molar-refractivity contribution is -0.137. The summed E-state index contributed by atoms with van der Waals surface area (Å²) in [5, 5.41) is 15.6. The fourth-order valence-corrected chi connectivity index (χ4v) is 3.10. The normalized spacial score (nSPS) is 14.4. The molecular formula is C22H22N4O3. The SMILES string of the molecule is Cc1ccc(C(=O)NC2CC2)cc1-c1ccc2nc(N[C@@H](C)C(=O)O)ncc2c1. The van der Waals surface area contributed by atoms with Crippen molar-refractivity contribution in [2.24, 2.45) is 0 Å². The molecule has 7 heteroatoms. The van der Waals surface area contributed by atoms with E-state index in [4.69, 9.17) is 5.11 Å². The van der Waals surface area contributed by atoms with Crippen LogP contribution in [0, 0.1) is 6.92 Å². The van der Waals surface area contributed by atoms with E-state index in [0.29, 0.717) is 17.1 Å².